The number of hydrogen-bond donors (Lipinski definition) is 0. The minimum atomic E-state index is 1.23. The molecule has 0 fully saturated rings. The topological polar surface area (TPSA) is 0 Å². The lowest BCUT2D eigenvalue weighted by Gasteiger charge is -2.08. The molecule has 1 aliphatic carbocycles. The molecule has 11 heavy (non-hydrogen) atoms. The Labute approximate surface area is 72.1 Å². The van der Waals surface area contributed by atoms with Gasteiger partial charge >= 0.3 is 0 Å². The van der Waals surface area contributed by atoms with Gasteiger partial charge in [0.05, 0.1) is 0 Å². The van der Waals surface area contributed by atoms with Crippen LogP contribution in [-0.4, -0.2) is 5.75 Å². The minimum Gasteiger partial charge on any atom is -0.126 e. The molecular weight excluding hydrogens is 152 g/mol. The first-order valence-electron chi connectivity index (χ1n) is 4.16. The predicted molar refractivity (Wildman–Crippen MR) is 51.6 cm³/mol. The Morgan fingerprint density at radius 3 is 2.91 bits per heavy atom. The molecule has 0 saturated heterocycles. The van der Waals surface area contributed by atoms with Crippen LogP contribution in [-0.2, 0) is 0 Å². The van der Waals surface area contributed by atoms with Gasteiger partial charge in [0.15, 0.2) is 0 Å². The van der Waals surface area contributed by atoms with E-state index in [1.165, 1.54) is 29.9 Å². The average Bonchev–Trinajstić information content (AvgIpc) is 2.58. The number of hydrogen-bond acceptors (Lipinski definition) is 1. The van der Waals surface area contributed by atoms with Gasteiger partial charge in [-0.05, 0) is 24.8 Å². The molecule has 1 heteroatoms. The normalized spacial score (nSPS) is 23.3. The van der Waals surface area contributed by atoms with Gasteiger partial charge in [0.25, 0.3) is 0 Å². The van der Waals surface area contributed by atoms with Gasteiger partial charge in [0.1, 0.15) is 0 Å². The molecule has 0 nitrogen and oxygen atoms in total. The van der Waals surface area contributed by atoms with E-state index in [2.05, 4.69) is 24.3 Å². The Bertz CT molecular complexity index is 233. The molecule has 0 amide bonds. The van der Waals surface area contributed by atoms with E-state index in [1.807, 2.05) is 11.8 Å². The first kappa shape index (κ1) is 7.23. The Morgan fingerprint density at radius 2 is 2.27 bits per heavy atom. The van der Waals surface area contributed by atoms with Crippen LogP contribution in [0.25, 0.3) is 0 Å². The Kier molecular flexibility index (Phi) is 2.18. The second kappa shape index (κ2) is 3.31. The largest absolute Gasteiger partial charge is 0.126 e. The lowest BCUT2D eigenvalue weighted by atomic mass is 10.0. The second-order valence-corrected chi connectivity index (χ2v) is 4.00. The van der Waals surface area contributed by atoms with Gasteiger partial charge in [-0.2, -0.15) is 0 Å². The Morgan fingerprint density at radius 1 is 1.27 bits per heavy atom. The van der Waals surface area contributed by atoms with Crippen molar-refractivity contribution in [1.82, 2.24) is 0 Å². The molecule has 2 aliphatic rings. The molecule has 0 aromatic heterocycles. The van der Waals surface area contributed by atoms with Crippen molar-refractivity contribution in [2.24, 2.45) is 0 Å². The zero-order chi connectivity index (χ0) is 7.52. The summed E-state index contributed by atoms with van der Waals surface area (Å²) in [6, 6.07) is 0. The predicted octanol–water partition coefficient (Wildman–Crippen LogP) is 3.28. The van der Waals surface area contributed by atoms with Crippen LogP contribution in [0.3, 0.4) is 0 Å². The maximum Gasteiger partial charge on any atom is 0.00646 e. The summed E-state index contributed by atoms with van der Waals surface area (Å²) in [5.74, 6) is 1.29. The standard InChI is InChI=1S/C10H12S/c1-2-5-9(6-3-1)10-7-4-8-11-10/h1-2,5,7H,3-4,6,8H2. The van der Waals surface area contributed by atoms with Crippen LogP contribution >= 0.6 is 11.8 Å². The van der Waals surface area contributed by atoms with Crippen LogP contribution in [0.4, 0.5) is 0 Å². The summed E-state index contributed by atoms with van der Waals surface area (Å²) in [7, 11) is 0. The van der Waals surface area contributed by atoms with Gasteiger partial charge in [0, 0.05) is 10.7 Å². The van der Waals surface area contributed by atoms with Crippen molar-refractivity contribution in [3.8, 4) is 0 Å². The molecule has 0 saturated carbocycles. The molecule has 0 aromatic carbocycles. The minimum absolute atomic E-state index is 1.23. The van der Waals surface area contributed by atoms with E-state index in [9.17, 15) is 0 Å². The smallest absolute Gasteiger partial charge is 0.00646 e. The molecule has 1 heterocycles. The lowest BCUT2D eigenvalue weighted by Crippen LogP contribution is -1.87. The van der Waals surface area contributed by atoms with E-state index in [0.717, 1.165) is 0 Å². The highest BCUT2D eigenvalue weighted by atomic mass is 32.2. The quantitative estimate of drug-likeness (QED) is 0.573. The zero-order valence-corrected chi connectivity index (χ0v) is 7.36. The average molecular weight is 164 g/mol. The highest BCUT2D eigenvalue weighted by molar-refractivity contribution is 8.03. The van der Waals surface area contributed by atoms with Crippen LogP contribution < -0.4 is 0 Å². The van der Waals surface area contributed by atoms with Gasteiger partial charge in [-0.15, -0.1) is 11.8 Å². The highest BCUT2D eigenvalue weighted by Crippen LogP contribution is 2.34. The summed E-state index contributed by atoms with van der Waals surface area (Å²) in [5, 5.41) is 0. The first-order valence-corrected chi connectivity index (χ1v) is 5.14. The molecule has 0 atom stereocenters. The Balaban J connectivity index is 2.14. The van der Waals surface area contributed by atoms with Crippen molar-refractivity contribution in [2.75, 3.05) is 5.75 Å². The number of rotatable bonds is 1. The van der Waals surface area contributed by atoms with Crippen LogP contribution in [0, 0.1) is 0 Å². The molecule has 0 radical (unpaired) electrons. The number of allylic oxidation sites excluding steroid dienone is 5. The first-order chi connectivity index (χ1) is 5.47. The summed E-state index contributed by atoms with van der Waals surface area (Å²) in [6.45, 7) is 0. The molecule has 1 aliphatic heterocycles. The van der Waals surface area contributed by atoms with Gasteiger partial charge in [-0.1, -0.05) is 24.3 Å². The van der Waals surface area contributed by atoms with Crippen LogP contribution in [0.2, 0.25) is 0 Å². The third-order valence-corrected chi connectivity index (χ3v) is 3.22. The number of thioether (sulfide) groups is 1. The fourth-order valence-electron chi connectivity index (χ4n) is 1.45. The Hall–Kier alpha value is -0.430. The van der Waals surface area contributed by atoms with Crippen LogP contribution in [0.15, 0.2) is 34.8 Å². The van der Waals surface area contributed by atoms with Gasteiger partial charge in [-0.3, -0.25) is 0 Å². The third-order valence-electron chi connectivity index (χ3n) is 2.04. The van der Waals surface area contributed by atoms with Crippen LogP contribution in [0.5, 0.6) is 0 Å². The van der Waals surface area contributed by atoms with Gasteiger partial charge in [0.2, 0.25) is 0 Å². The molecule has 58 valence electrons. The zero-order valence-electron chi connectivity index (χ0n) is 6.55. The van der Waals surface area contributed by atoms with Crippen molar-refractivity contribution in [2.45, 2.75) is 19.3 Å². The van der Waals surface area contributed by atoms with Gasteiger partial charge < -0.3 is 0 Å². The SMILES string of the molecule is C1=CCCC(C2=CCCS2)=C1. The van der Waals surface area contributed by atoms with Crippen molar-refractivity contribution < 1.29 is 0 Å². The molecule has 0 unspecified atom stereocenters. The summed E-state index contributed by atoms with van der Waals surface area (Å²) >= 11 is 2.01. The van der Waals surface area contributed by atoms with Gasteiger partial charge in [-0.25, -0.2) is 0 Å². The fourth-order valence-corrected chi connectivity index (χ4v) is 2.50. The van der Waals surface area contributed by atoms with Crippen molar-refractivity contribution in [1.29, 1.82) is 0 Å². The molecular formula is C10H12S. The van der Waals surface area contributed by atoms with E-state index < -0.39 is 0 Å². The van der Waals surface area contributed by atoms with Crippen molar-refractivity contribution in [3.63, 3.8) is 0 Å². The van der Waals surface area contributed by atoms with E-state index in [4.69, 9.17) is 0 Å². The van der Waals surface area contributed by atoms with E-state index in [1.54, 1.807) is 5.57 Å². The van der Waals surface area contributed by atoms with Crippen molar-refractivity contribution >= 4 is 11.8 Å². The molecule has 0 bridgehead atoms. The summed E-state index contributed by atoms with van der Waals surface area (Å²) in [5.41, 5.74) is 1.55. The third kappa shape index (κ3) is 1.59. The summed E-state index contributed by atoms with van der Waals surface area (Å²) in [4.78, 5) is 1.54. The van der Waals surface area contributed by atoms with E-state index in [0.29, 0.717) is 0 Å². The summed E-state index contributed by atoms with van der Waals surface area (Å²) < 4.78 is 0. The molecule has 0 spiro atoms. The van der Waals surface area contributed by atoms with Crippen molar-refractivity contribution in [3.05, 3.63) is 34.8 Å². The van der Waals surface area contributed by atoms with Crippen LogP contribution in [0.1, 0.15) is 19.3 Å². The fraction of sp³-hybridized carbons (Fsp3) is 0.400. The summed E-state index contributed by atoms with van der Waals surface area (Å²) in [6.07, 6.45) is 12.8. The lowest BCUT2D eigenvalue weighted by molar-refractivity contribution is 0.986. The maximum absolute atomic E-state index is 2.37. The maximum atomic E-state index is 2.37. The monoisotopic (exact) mass is 164 g/mol. The molecule has 0 aromatic rings. The second-order valence-electron chi connectivity index (χ2n) is 2.86. The van der Waals surface area contributed by atoms with E-state index >= 15 is 0 Å². The molecule has 2 rings (SSSR count). The molecule has 0 N–H and O–H groups in total. The highest BCUT2D eigenvalue weighted by Gasteiger charge is 2.10. The van der Waals surface area contributed by atoms with E-state index in [-0.39, 0.29) is 0 Å².